The highest BCUT2D eigenvalue weighted by Crippen LogP contribution is 2.15. The fourth-order valence-corrected chi connectivity index (χ4v) is 2.48. The van der Waals surface area contributed by atoms with Gasteiger partial charge >= 0.3 is 5.97 Å². The van der Waals surface area contributed by atoms with E-state index in [0.717, 1.165) is 11.0 Å². The Morgan fingerprint density at radius 3 is 3.00 bits per heavy atom. The number of carbonyl (C=O) groups is 2. The molecule has 2 atom stereocenters. The van der Waals surface area contributed by atoms with Crippen molar-refractivity contribution in [2.75, 3.05) is 13.2 Å². The molecule has 0 radical (unpaired) electrons. The van der Waals surface area contributed by atoms with E-state index >= 15 is 0 Å². The Labute approximate surface area is 120 Å². The predicted molar refractivity (Wildman–Crippen MR) is 73.6 cm³/mol. The van der Waals surface area contributed by atoms with E-state index in [0.29, 0.717) is 0 Å². The number of hydrogen-bond donors (Lipinski definition) is 2. The van der Waals surface area contributed by atoms with Gasteiger partial charge in [-0.1, -0.05) is 12.1 Å². The van der Waals surface area contributed by atoms with Crippen molar-refractivity contribution < 1.29 is 19.4 Å². The summed E-state index contributed by atoms with van der Waals surface area (Å²) >= 11 is 0. The quantitative estimate of drug-likeness (QED) is 0.841. The minimum absolute atomic E-state index is 0.101. The lowest BCUT2D eigenvalue weighted by Crippen LogP contribution is -2.43. The second-order valence-electron chi connectivity index (χ2n) is 5.02. The van der Waals surface area contributed by atoms with Crippen molar-refractivity contribution >= 4 is 22.9 Å². The Morgan fingerprint density at radius 1 is 1.38 bits per heavy atom. The van der Waals surface area contributed by atoms with Crippen molar-refractivity contribution in [1.82, 2.24) is 14.9 Å². The van der Waals surface area contributed by atoms with E-state index in [-0.39, 0.29) is 25.7 Å². The van der Waals surface area contributed by atoms with E-state index in [4.69, 9.17) is 9.84 Å². The number of carboxylic acids is 1. The molecule has 1 fully saturated rings. The number of fused-ring (bicyclic) bond motifs is 1. The first-order valence-corrected chi connectivity index (χ1v) is 6.65. The van der Waals surface area contributed by atoms with Crippen LogP contribution in [-0.2, 0) is 20.9 Å². The number of nitrogens with one attached hydrogen (secondary N) is 1. The summed E-state index contributed by atoms with van der Waals surface area (Å²) in [5.74, 6) is -1.89. The molecule has 1 saturated heterocycles. The van der Waals surface area contributed by atoms with Crippen LogP contribution in [0.25, 0.3) is 11.0 Å². The zero-order valence-corrected chi connectivity index (χ0v) is 11.2. The standard InChI is InChI=1S/C14H15N3O4/c18-13(16-11-7-21-6-9(11)14(19)20)5-17-8-15-10-3-1-2-4-12(10)17/h1-4,8-9,11H,5-7H2,(H,16,18)(H,19,20). The molecule has 110 valence electrons. The van der Waals surface area contributed by atoms with Crippen molar-refractivity contribution in [1.29, 1.82) is 0 Å². The van der Waals surface area contributed by atoms with E-state index in [1.54, 1.807) is 10.9 Å². The molecule has 21 heavy (non-hydrogen) atoms. The van der Waals surface area contributed by atoms with Gasteiger partial charge in [0.05, 0.1) is 36.6 Å². The molecule has 2 heterocycles. The molecule has 1 aromatic heterocycles. The SMILES string of the molecule is O=C(Cn1cnc2ccccc21)NC1COCC1C(=O)O. The first kappa shape index (κ1) is 13.6. The summed E-state index contributed by atoms with van der Waals surface area (Å²) in [6.45, 7) is 0.463. The van der Waals surface area contributed by atoms with E-state index in [2.05, 4.69) is 10.3 Å². The van der Waals surface area contributed by atoms with Gasteiger partial charge in [-0.25, -0.2) is 4.98 Å². The van der Waals surface area contributed by atoms with Crippen LogP contribution in [0, 0.1) is 5.92 Å². The van der Waals surface area contributed by atoms with Gasteiger partial charge in [0.2, 0.25) is 5.91 Å². The number of nitrogens with zero attached hydrogens (tertiary/aromatic N) is 2. The molecule has 1 aliphatic heterocycles. The minimum Gasteiger partial charge on any atom is -0.481 e. The summed E-state index contributed by atoms with van der Waals surface area (Å²) in [6.07, 6.45) is 1.60. The number of ether oxygens (including phenoxy) is 1. The number of benzene rings is 1. The van der Waals surface area contributed by atoms with Crippen LogP contribution in [0.1, 0.15) is 0 Å². The Hall–Kier alpha value is -2.41. The van der Waals surface area contributed by atoms with Gasteiger partial charge in [0, 0.05) is 0 Å². The normalized spacial score (nSPS) is 21.5. The molecule has 0 bridgehead atoms. The number of para-hydroxylation sites is 2. The van der Waals surface area contributed by atoms with Crippen molar-refractivity contribution in [2.24, 2.45) is 5.92 Å². The monoisotopic (exact) mass is 289 g/mol. The van der Waals surface area contributed by atoms with Gasteiger partial charge in [0.15, 0.2) is 0 Å². The minimum atomic E-state index is -0.953. The Bertz CT molecular complexity index is 682. The second-order valence-corrected chi connectivity index (χ2v) is 5.02. The summed E-state index contributed by atoms with van der Waals surface area (Å²) in [7, 11) is 0. The van der Waals surface area contributed by atoms with E-state index in [1.807, 2.05) is 24.3 Å². The summed E-state index contributed by atoms with van der Waals surface area (Å²) < 4.78 is 6.86. The van der Waals surface area contributed by atoms with Crippen LogP contribution in [0.2, 0.25) is 0 Å². The van der Waals surface area contributed by atoms with E-state index in [1.165, 1.54) is 0 Å². The fourth-order valence-electron chi connectivity index (χ4n) is 2.48. The molecular weight excluding hydrogens is 274 g/mol. The number of amides is 1. The highest BCUT2D eigenvalue weighted by atomic mass is 16.5. The molecule has 1 aliphatic rings. The van der Waals surface area contributed by atoms with Gasteiger partial charge in [0.25, 0.3) is 0 Å². The Morgan fingerprint density at radius 2 is 2.19 bits per heavy atom. The highest BCUT2D eigenvalue weighted by molar-refractivity contribution is 5.81. The molecule has 1 amide bonds. The van der Waals surface area contributed by atoms with Gasteiger partial charge in [-0.05, 0) is 12.1 Å². The van der Waals surface area contributed by atoms with Gasteiger partial charge in [0.1, 0.15) is 12.5 Å². The smallest absolute Gasteiger partial charge is 0.311 e. The molecule has 2 N–H and O–H groups in total. The molecule has 0 saturated carbocycles. The van der Waals surface area contributed by atoms with Crippen LogP contribution < -0.4 is 5.32 Å². The van der Waals surface area contributed by atoms with Crippen LogP contribution in [0.5, 0.6) is 0 Å². The number of carboxylic acid groups (broad SMARTS) is 1. The number of carbonyl (C=O) groups excluding carboxylic acids is 1. The molecule has 1 aromatic carbocycles. The summed E-state index contributed by atoms with van der Waals surface area (Å²) in [6, 6.07) is 7.03. The highest BCUT2D eigenvalue weighted by Gasteiger charge is 2.34. The first-order chi connectivity index (χ1) is 10.1. The number of aromatic nitrogens is 2. The zero-order chi connectivity index (χ0) is 14.8. The molecule has 3 rings (SSSR count). The molecule has 0 spiro atoms. The average molecular weight is 289 g/mol. The maximum Gasteiger partial charge on any atom is 0.311 e. The maximum atomic E-state index is 12.1. The third-order valence-corrected chi connectivity index (χ3v) is 3.59. The maximum absolute atomic E-state index is 12.1. The summed E-state index contributed by atoms with van der Waals surface area (Å²) in [5, 5.41) is 11.8. The fraction of sp³-hybridized carbons (Fsp3) is 0.357. The predicted octanol–water partition coefficient (Wildman–Crippen LogP) is 0.252. The van der Waals surface area contributed by atoms with Crippen molar-refractivity contribution in [2.45, 2.75) is 12.6 Å². The molecule has 7 heteroatoms. The number of rotatable bonds is 4. The van der Waals surface area contributed by atoms with Gasteiger partial charge in [-0.15, -0.1) is 0 Å². The Kier molecular flexibility index (Phi) is 3.57. The van der Waals surface area contributed by atoms with E-state index < -0.39 is 17.9 Å². The number of imidazole rings is 1. The van der Waals surface area contributed by atoms with Crippen molar-refractivity contribution in [3.05, 3.63) is 30.6 Å². The van der Waals surface area contributed by atoms with Crippen LogP contribution in [0.4, 0.5) is 0 Å². The largest absolute Gasteiger partial charge is 0.481 e. The van der Waals surface area contributed by atoms with Crippen molar-refractivity contribution in [3.8, 4) is 0 Å². The first-order valence-electron chi connectivity index (χ1n) is 6.65. The molecule has 2 aromatic rings. The van der Waals surface area contributed by atoms with Gasteiger partial charge in [-0.3, -0.25) is 9.59 Å². The van der Waals surface area contributed by atoms with Crippen LogP contribution in [0.3, 0.4) is 0 Å². The topological polar surface area (TPSA) is 93.5 Å². The number of hydrogen-bond acceptors (Lipinski definition) is 4. The summed E-state index contributed by atoms with van der Waals surface area (Å²) in [5.41, 5.74) is 1.68. The summed E-state index contributed by atoms with van der Waals surface area (Å²) in [4.78, 5) is 27.3. The average Bonchev–Trinajstić information content (AvgIpc) is 3.06. The number of aliphatic carboxylic acids is 1. The molecular formula is C14H15N3O4. The second kappa shape index (κ2) is 5.53. The van der Waals surface area contributed by atoms with E-state index in [9.17, 15) is 9.59 Å². The van der Waals surface area contributed by atoms with Gasteiger partial charge in [-0.2, -0.15) is 0 Å². The Balaban J connectivity index is 1.68. The lowest BCUT2D eigenvalue weighted by Gasteiger charge is -2.15. The lowest BCUT2D eigenvalue weighted by atomic mass is 10.0. The molecule has 7 nitrogen and oxygen atoms in total. The lowest BCUT2D eigenvalue weighted by molar-refractivity contribution is -0.142. The van der Waals surface area contributed by atoms with Crippen LogP contribution in [0.15, 0.2) is 30.6 Å². The third kappa shape index (κ3) is 2.73. The zero-order valence-electron chi connectivity index (χ0n) is 11.2. The van der Waals surface area contributed by atoms with Crippen LogP contribution >= 0.6 is 0 Å². The van der Waals surface area contributed by atoms with Crippen LogP contribution in [-0.4, -0.2) is 45.8 Å². The molecule has 2 unspecified atom stereocenters. The van der Waals surface area contributed by atoms with Crippen molar-refractivity contribution in [3.63, 3.8) is 0 Å². The van der Waals surface area contributed by atoms with Gasteiger partial charge < -0.3 is 19.7 Å². The molecule has 0 aliphatic carbocycles. The third-order valence-electron chi connectivity index (χ3n) is 3.59.